The maximum atomic E-state index is 12.7. The smallest absolute Gasteiger partial charge is 0.330 e. The SMILES string of the molecule is NCC(CCSC(F)(F)F)c1ccc(F)cc1. The molecular weight excluding hydrogens is 254 g/mol. The molecule has 0 heterocycles. The van der Waals surface area contributed by atoms with Crippen molar-refractivity contribution < 1.29 is 17.6 Å². The Hall–Kier alpha value is -0.750. The van der Waals surface area contributed by atoms with E-state index in [1.807, 2.05) is 0 Å². The minimum absolute atomic E-state index is 0.0389. The molecule has 1 rings (SSSR count). The average Bonchev–Trinajstić information content (AvgIpc) is 2.24. The van der Waals surface area contributed by atoms with E-state index in [9.17, 15) is 17.6 Å². The van der Waals surface area contributed by atoms with Crippen LogP contribution in [0.5, 0.6) is 0 Å². The lowest BCUT2D eigenvalue weighted by Crippen LogP contribution is -2.14. The van der Waals surface area contributed by atoms with E-state index in [2.05, 4.69) is 0 Å². The number of hydrogen-bond donors (Lipinski definition) is 1. The lowest BCUT2D eigenvalue weighted by Gasteiger charge is -2.15. The second-order valence-corrected chi connectivity index (χ2v) is 4.73. The fraction of sp³-hybridized carbons (Fsp3) is 0.455. The molecule has 0 aliphatic rings. The van der Waals surface area contributed by atoms with Crippen LogP contribution in [0.15, 0.2) is 24.3 Å². The van der Waals surface area contributed by atoms with E-state index in [1.165, 1.54) is 12.1 Å². The second kappa shape index (κ2) is 6.26. The van der Waals surface area contributed by atoms with Gasteiger partial charge in [0.1, 0.15) is 5.82 Å². The van der Waals surface area contributed by atoms with Crippen molar-refractivity contribution in [2.24, 2.45) is 5.73 Å². The molecule has 1 aromatic rings. The molecule has 96 valence electrons. The zero-order valence-electron chi connectivity index (χ0n) is 9.01. The first-order valence-corrected chi connectivity index (χ1v) is 6.07. The van der Waals surface area contributed by atoms with Crippen LogP contribution < -0.4 is 5.73 Å². The highest BCUT2D eigenvalue weighted by Gasteiger charge is 2.28. The highest BCUT2D eigenvalue weighted by Crippen LogP contribution is 2.32. The number of alkyl halides is 3. The van der Waals surface area contributed by atoms with Crippen molar-refractivity contribution in [3.8, 4) is 0 Å². The summed E-state index contributed by atoms with van der Waals surface area (Å²) >= 11 is -0.0545. The largest absolute Gasteiger partial charge is 0.441 e. The van der Waals surface area contributed by atoms with Crippen molar-refractivity contribution in [1.82, 2.24) is 0 Å². The summed E-state index contributed by atoms with van der Waals surface area (Å²) in [4.78, 5) is 0. The van der Waals surface area contributed by atoms with Crippen molar-refractivity contribution in [2.45, 2.75) is 17.8 Å². The summed E-state index contributed by atoms with van der Waals surface area (Å²) in [7, 11) is 0. The van der Waals surface area contributed by atoms with Crippen LogP contribution in [0.25, 0.3) is 0 Å². The van der Waals surface area contributed by atoms with Gasteiger partial charge >= 0.3 is 5.51 Å². The first-order valence-electron chi connectivity index (χ1n) is 5.08. The summed E-state index contributed by atoms with van der Waals surface area (Å²) in [6, 6.07) is 5.69. The van der Waals surface area contributed by atoms with E-state index in [-0.39, 0.29) is 35.8 Å². The van der Waals surface area contributed by atoms with Gasteiger partial charge in [0, 0.05) is 5.75 Å². The number of thioether (sulfide) groups is 1. The van der Waals surface area contributed by atoms with Gasteiger partial charge < -0.3 is 5.73 Å². The highest BCUT2D eigenvalue weighted by molar-refractivity contribution is 8.00. The second-order valence-electron chi connectivity index (χ2n) is 3.57. The Balaban J connectivity index is 2.51. The van der Waals surface area contributed by atoms with Crippen LogP contribution in [0.4, 0.5) is 17.6 Å². The lowest BCUT2D eigenvalue weighted by atomic mass is 9.97. The monoisotopic (exact) mass is 267 g/mol. The summed E-state index contributed by atoms with van der Waals surface area (Å²) in [6.45, 7) is 0.254. The van der Waals surface area contributed by atoms with Crippen molar-refractivity contribution in [3.63, 3.8) is 0 Å². The van der Waals surface area contributed by atoms with Crippen molar-refractivity contribution in [2.75, 3.05) is 12.3 Å². The van der Waals surface area contributed by atoms with Crippen molar-refractivity contribution in [1.29, 1.82) is 0 Å². The first-order chi connectivity index (χ1) is 7.92. The Morgan fingerprint density at radius 2 is 1.76 bits per heavy atom. The van der Waals surface area contributed by atoms with E-state index in [4.69, 9.17) is 5.73 Å². The van der Waals surface area contributed by atoms with Crippen molar-refractivity contribution in [3.05, 3.63) is 35.6 Å². The van der Waals surface area contributed by atoms with E-state index in [0.29, 0.717) is 6.42 Å². The normalized spacial score (nSPS) is 13.7. The Bertz CT molecular complexity index is 336. The summed E-state index contributed by atoms with van der Waals surface area (Å²) in [5.74, 6) is -0.567. The summed E-state index contributed by atoms with van der Waals surface area (Å²) in [6.07, 6.45) is 0.326. The van der Waals surface area contributed by atoms with Crippen LogP contribution in [0, 0.1) is 5.82 Å². The third-order valence-corrected chi connectivity index (χ3v) is 3.13. The minimum Gasteiger partial charge on any atom is -0.330 e. The van der Waals surface area contributed by atoms with Gasteiger partial charge in [0.15, 0.2) is 0 Å². The van der Waals surface area contributed by atoms with Gasteiger partial charge in [-0.3, -0.25) is 0 Å². The number of benzene rings is 1. The summed E-state index contributed by atoms with van der Waals surface area (Å²) < 4.78 is 48.5. The summed E-state index contributed by atoms with van der Waals surface area (Å²) in [5, 5.41) is 0. The minimum atomic E-state index is -4.21. The number of halogens is 4. The maximum absolute atomic E-state index is 12.7. The average molecular weight is 267 g/mol. The van der Waals surface area contributed by atoms with Crippen LogP contribution in [-0.4, -0.2) is 17.8 Å². The fourth-order valence-corrected chi connectivity index (χ4v) is 2.11. The molecule has 17 heavy (non-hydrogen) atoms. The molecule has 6 heteroatoms. The lowest BCUT2D eigenvalue weighted by molar-refractivity contribution is -0.0328. The predicted molar refractivity (Wildman–Crippen MR) is 61.3 cm³/mol. The molecule has 1 unspecified atom stereocenters. The molecule has 1 nitrogen and oxygen atoms in total. The zero-order valence-corrected chi connectivity index (χ0v) is 9.82. The number of rotatable bonds is 5. The van der Waals surface area contributed by atoms with Gasteiger partial charge in [-0.05, 0) is 36.6 Å². The molecule has 0 aliphatic carbocycles. The molecule has 1 atom stereocenters. The van der Waals surface area contributed by atoms with E-state index < -0.39 is 5.51 Å². The number of nitrogens with two attached hydrogens (primary N) is 1. The highest BCUT2D eigenvalue weighted by atomic mass is 32.2. The van der Waals surface area contributed by atoms with E-state index in [0.717, 1.165) is 5.56 Å². The van der Waals surface area contributed by atoms with Crippen LogP contribution in [-0.2, 0) is 0 Å². The third kappa shape index (κ3) is 5.41. The predicted octanol–water partition coefficient (Wildman–Crippen LogP) is 3.51. The zero-order chi connectivity index (χ0) is 12.9. The Kier molecular flexibility index (Phi) is 5.27. The fourth-order valence-electron chi connectivity index (χ4n) is 1.47. The molecule has 2 N–H and O–H groups in total. The van der Waals surface area contributed by atoms with Gasteiger partial charge in [0.25, 0.3) is 0 Å². The van der Waals surface area contributed by atoms with Crippen LogP contribution in [0.2, 0.25) is 0 Å². The topological polar surface area (TPSA) is 26.0 Å². The van der Waals surface area contributed by atoms with Crippen LogP contribution in [0.1, 0.15) is 17.9 Å². The molecule has 0 aromatic heterocycles. The summed E-state index contributed by atoms with van der Waals surface area (Å²) in [5.41, 5.74) is 2.08. The molecule has 0 spiro atoms. The first kappa shape index (κ1) is 14.3. The Labute approximate surface area is 101 Å². The van der Waals surface area contributed by atoms with Gasteiger partial charge in [-0.2, -0.15) is 13.2 Å². The van der Waals surface area contributed by atoms with Crippen LogP contribution in [0.3, 0.4) is 0 Å². The molecule has 0 saturated heterocycles. The molecular formula is C11H13F4NS. The molecule has 1 aromatic carbocycles. The Morgan fingerprint density at radius 1 is 1.18 bits per heavy atom. The van der Waals surface area contributed by atoms with E-state index in [1.54, 1.807) is 12.1 Å². The molecule has 0 aliphatic heterocycles. The van der Waals surface area contributed by atoms with Gasteiger partial charge in [-0.15, -0.1) is 0 Å². The Morgan fingerprint density at radius 3 is 2.24 bits per heavy atom. The quantitative estimate of drug-likeness (QED) is 0.826. The van der Waals surface area contributed by atoms with Crippen molar-refractivity contribution >= 4 is 11.8 Å². The van der Waals surface area contributed by atoms with Gasteiger partial charge in [-0.25, -0.2) is 4.39 Å². The molecule has 0 amide bonds. The van der Waals surface area contributed by atoms with Gasteiger partial charge in [0.05, 0.1) is 0 Å². The maximum Gasteiger partial charge on any atom is 0.441 e. The van der Waals surface area contributed by atoms with Gasteiger partial charge in [0.2, 0.25) is 0 Å². The third-order valence-electron chi connectivity index (χ3n) is 2.36. The van der Waals surface area contributed by atoms with Gasteiger partial charge in [-0.1, -0.05) is 23.9 Å². The van der Waals surface area contributed by atoms with E-state index >= 15 is 0 Å². The standard InChI is InChI=1S/C11H13F4NS/c12-10-3-1-8(2-4-10)9(7-16)5-6-17-11(13,14)15/h1-4,9H,5-7,16H2. The molecule has 0 bridgehead atoms. The molecule has 0 fully saturated rings. The molecule has 0 radical (unpaired) electrons. The number of hydrogen-bond acceptors (Lipinski definition) is 2. The molecule has 0 saturated carbocycles. The van der Waals surface area contributed by atoms with Crippen LogP contribution >= 0.6 is 11.8 Å².